The monoisotopic (exact) mass is 597 g/mol. The second-order valence-corrected chi connectivity index (χ2v) is 11.3. The maximum Gasteiger partial charge on any atom is 0.514 e. The minimum absolute atomic E-state index is 0.0303. The van der Waals surface area contributed by atoms with E-state index in [-0.39, 0.29) is 42.9 Å². The third-order valence-corrected chi connectivity index (χ3v) is 6.44. The first kappa shape index (κ1) is 36.5. The summed E-state index contributed by atoms with van der Waals surface area (Å²) in [5.74, 6) is -0.952. The van der Waals surface area contributed by atoms with Crippen molar-refractivity contribution < 1.29 is 52.7 Å². The van der Waals surface area contributed by atoms with Crippen LogP contribution in [-0.4, -0.2) is 67.0 Å². The Balaban J connectivity index is 3.00. The van der Waals surface area contributed by atoms with Crippen molar-refractivity contribution in [2.75, 3.05) is 13.2 Å². The zero-order chi connectivity index (χ0) is 32.0. The molecule has 0 heterocycles. The van der Waals surface area contributed by atoms with Crippen molar-refractivity contribution in [1.29, 1.82) is 0 Å². The molecule has 0 saturated heterocycles. The summed E-state index contributed by atoms with van der Waals surface area (Å²) in [6.07, 6.45) is -3.69. The standard InChI is InChI=1S/C30H47NO11/c1-17(2)12-13-37-28(34)38-20(7)16-31-24(27(32)33)14-23-10-11-25(41-29(35)39-21(8)18(3)4)26(15-23)42-30(36)40-22(9)19(5)6/h10-11,15,17-22,24,31H,12-14,16H2,1-9H3,(H,32,33)/t20?,21?,22?,24-/m0/s1. The van der Waals surface area contributed by atoms with Gasteiger partial charge in [0.15, 0.2) is 11.5 Å². The Kier molecular flexibility index (Phi) is 15.7. The average Bonchev–Trinajstić information content (AvgIpc) is 2.87. The number of ether oxygens (including phenoxy) is 6. The lowest BCUT2D eigenvalue weighted by Gasteiger charge is -2.20. The third kappa shape index (κ3) is 14.4. The van der Waals surface area contributed by atoms with E-state index < -0.39 is 48.8 Å². The second-order valence-electron chi connectivity index (χ2n) is 11.3. The van der Waals surface area contributed by atoms with Gasteiger partial charge in [-0.3, -0.25) is 4.79 Å². The van der Waals surface area contributed by atoms with Crippen LogP contribution in [0.1, 0.15) is 74.3 Å². The van der Waals surface area contributed by atoms with E-state index in [0.29, 0.717) is 17.9 Å². The van der Waals surface area contributed by atoms with Crippen molar-refractivity contribution in [2.45, 2.75) is 99.5 Å². The maximum absolute atomic E-state index is 12.5. The molecule has 42 heavy (non-hydrogen) atoms. The van der Waals surface area contributed by atoms with Gasteiger partial charge in [-0.25, -0.2) is 14.4 Å². The Morgan fingerprint density at radius 3 is 1.81 bits per heavy atom. The Morgan fingerprint density at radius 2 is 1.31 bits per heavy atom. The molecule has 0 aliphatic carbocycles. The minimum atomic E-state index is -1.15. The molecule has 12 nitrogen and oxygen atoms in total. The number of benzene rings is 1. The first-order valence-corrected chi connectivity index (χ1v) is 14.3. The zero-order valence-corrected chi connectivity index (χ0v) is 26.1. The molecule has 1 aromatic carbocycles. The quantitative estimate of drug-likeness (QED) is 0.131. The predicted octanol–water partition coefficient (Wildman–Crippen LogP) is 5.98. The van der Waals surface area contributed by atoms with Gasteiger partial charge in [0.1, 0.15) is 24.4 Å². The molecule has 4 atom stereocenters. The fraction of sp³-hybridized carbons (Fsp3) is 0.667. The minimum Gasteiger partial charge on any atom is -0.480 e. The summed E-state index contributed by atoms with van der Waals surface area (Å²) in [5.41, 5.74) is 0.451. The van der Waals surface area contributed by atoms with Gasteiger partial charge in [0.25, 0.3) is 0 Å². The van der Waals surface area contributed by atoms with Crippen LogP contribution in [0.15, 0.2) is 18.2 Å². The molecule has 0 fully saturated rings. The van der Waals surface area contributed by atoms with E-state index in [4.69, 9.17) is 28.4 Å². The van der Waals surface area contributed by atoms with Crippen LogP contribution in [0.5, 0.6) is 11.5 Å². The number of rotatable bonds is 16. The van der Waals surface area contributed by atoms with Gasteiger partial charge in [-0.15, -0.1) is 0 Å². The van der Waals surface area contributed by atoms with Gasteiger partial charge in [0, 0.05) is 6.54 Å². The van der Waals surface area contributed by atoms with Crippen LogP contribution < -0.4 is 14.8 Å². The highest BCUT2D eigenvalue weighted by Gasteiger charge is 2.24. The van der Waals surface area contributed by atoms with Gasteiger partial charge in [-0.2, -0.15) is 0 Å². The molecule has 1 rings (SSSR count). The van der Waals surface area contributed by atoms with Gasteiger partial charge in [0.2, 0.25) is 0 Å². The summed E-state index contributed by atoms with van der Waals surface area (Å²) in [6, 6.07) is 3.22. The van der Waals surface area contributed by atoms with Crippen LogP contribution in [0.2, 0.25) is 0 Å². The molecule has 0 amide bonds. The predicted molar refractivity (Wildman–Crippen MR) is 154 cm³/mol. The Hall–Kier alpha value is -3.54. The van der Waals surface area contributed by atoms with E-state index in [9.17, 15) is 24.3 Å². The number of carboxylic acids is 1. The SMILES string of the molecule is CC(C)CCOC(=O)OC(C)CN[C@@H](Cc1ccc(OC(=O)OC(C)C(C)C)c(OC(=O)OC(C)C(C)C)c1)C(=O)O. The van der Waals surface area contributed by atoms with E-state index >= 15 is 0 Å². The molecule has 0 spiro atoms. The number of carboxylic acid groups (broad SMARTS) is 1. The lowest BCUT2D eigenvalue weighted by atomic mass is 10.0. The van der Waals surface area contributed by atoms with Gasteiger partial charge < -0.3 is 38.8 Å². The van der Waals surface area contributed by atoms with Crippen LogP contribution in [-0.2, 0) is 30.2 Å². The van der Waals surface area contributed by atoms with Crippen molar-refractivity contribution in [2.24, 2.45) is 17.8 Å². The lowest BCUT2D eigenvalue weighted by Crippen LogP contribution is -2.42. The van der Waals surface area contributed by atoms with Crippen LogP contribution in [0.25, 0.3) is 0 Å². The molecule has 1 aromatic rings. The summed E-state index contributed by atoms with van der Waals surface area (Å²) < 4.78 is 31.4. The molecule has 0 aromatic heterocycles. The Bertz CT molecular complexity index is 1020. The van der Waals surface area contributed by atoms with Crippen molar-refractivity contribution >= 4 is 24.4 Å². The fourth-order valence-electron chi connectivity index (χ4n) is 3.06. The number of carbonyl (C=O) groups is 4. The average molecular weight is 598 g/mol. The normalized spacial score (nSPS) is 14.1. The summed E-state index contributed by atoms with van der Waals surface area (Å²) in [7, 11) is 0. The Morgan fingerprint density at radius 1 is 0.762 bits per heavy atom. The first-order valence-electron chi connectivity index (χ1n) is 14.3. The number of nitrogens with one attached hydrogen (secondary N) is 1. The van der Waals surface area contributed by atoms with Gasteiger partial charge in [0.05, 0.1) is 6.61 Å². The second kappa shape index (κ2) is 18.1. The van der Waals surface area contributed by atoms with Crippen LogP contribution >= 0.6 is 0 Å². The molecule has 238 valence electrons. The Labute approximate surface area is 248 Å². The van der Waals surface area contributed by atoms with E-state index in [0.717, 1.165) is 0 Å². The molecule has 0 saturated carbocycles. The molecule has 0 aliphatic rings. The largest absolute Gasteiger partial charge is 0.514 e. The summed E-state index contributed by atoms with van der Waals surface area (Å²) >= 11 is 0. The molecule has 2 N–H and O–H groups in total. The van der Waals surface area contributed by atoms with E-state index in [1.165, 1.54) is 18.2 Å². The smallest absolute Gasteiger partial charge is 0.480 e. The fourth-order valence-corrected chi connectivity index (χ4v) is 3.06. The summed E-state index contributed by atoms with van der Waals surface area (Å²) in [4.78, 5) is 48.6. The lowest BCUT2D eigenvalue weighted by molar-refractivity contribution is -0.139. The van der Waals surface area contributed by atoms with Crippen molar-refractivity contribution in [1.82, 2.24) is 5.32 Å². The molecular weight excluding hydrogens is 550 g/mol. The first-order chi connectivity index (χ1) is 19.6. The van der Waals surface area contributed by atoms with Gasteiger partial charge in [-0.05, 0) is 69.1 Å². The molecule has 0 bridgehead atoms. The zero-order valence-electron chi connectivity index (χ0n) is 26.1. The van der Waals surface area contributed by atoms with Crippen molar-refractivity contribution in [3.05, 3.63) is 23.8 Å². The maximum atomic E-state index is 12.5. The molecular formula is C30H47NO11. The summed E-state index contributed by atoms with van der Waals surface area (Å²) in [6.45, 7) is 16.8. The van der Waals surface area contributed by atoms with Crippen molar-refractivity contribution in [3.63, 3.8) is 0 Å². The molecule has 12 heteroatoms. The number of hydrogen-bond acceptors (Lipinski definition) is 11. The number of aliphatic carboxylic acids is 1. The highest BCUT2D eigenvalue weighted by Crippen LogP contribution is 2.30. The molecule has 0 radical (unpaired) electrons. The van der Waals surface area contributed by atoms with Gasteiger partial charge >= 0.3 is 24.4 Å². The van der Waals surface area contributed by atoms with E-state index in [2.05, 4.69) is 5.32 Å². The molecule has 0 aliphatic heterocycles. The van der Waals surface area contributed by atoms with Crippen LogP contribution in [0.3, 0.4) is 0 Å². The van der Waals surface area contributed by atoms with Crippen LogP contribution in [0, 0.1) is 17.8 Å². The highest BCUT2D eigenvalue weighted by atomic mass is 16.8. The number of carbonyl (C=O) groups excluding carboxylic acids is 3. The summed E-state index contributed by atoms with van der Waals surface area (Å²) in [5, 5.41) is 12.6. The third-order valence-electron chi connectivity index (χ3n) is 6.44. The van der Waals surface area contributed by atoms with Crippen LogP contribution in [0.4, 0.5) is 14.4 Å². The van der Waals surface area contributed by atoms with E-state index in [1.807, 2.05) is 41.5 Å². The van der Waals surface area contributed by atoms with Crippen molar-refractivity contribution in [3.8, 4) is 11.5 Å². The van der Waals surface area contributed by atoms with E-state index in [1.54, 1.807) is 20.8 Å². The highest BCUT2D eigenvalue weighted by molar-refractivity contribution is 5.74. The number of hydrogen-bond donors (Lipinski definition) is 2. The van der Waals surface area contributed by atoms with Gasteiger partial charge in [-0.1, -0.05) is 47.6 Å². The topological polar surface area (TPSA) is 156 Å². The molecule has 3 unspecified atom stereocenters.